The molecule has 1 unspecified atom stereocenters. The molecule has 5 heterocycles. The second-order valence-corrected chi connectivity index (χ2v) is 24.6. The van der Waals surface area contributed by atoms with E-state index in [4.69, 9.17) is 28.3 Å². The molecule has 1 fully saturated rings. The maximum Gasteiger partial charge on any atom is 0.494 e. The molecule has 9 rings (SSSR count). The summed E-state index contributed by atoms with van der Waals surface area (Å²) in [7, 11) is -0.393. The Balaban J connectivity index is 0.000000189. The molecular weight excluding hydrogens is 1050 g/mol. The first-order chi connectivity index (χ1) is 39.0. The van der Waals surface area contributed by atoms with Gasteiger partial charge in [-0.1, -0.05) is 46.8 Å². The van der Waals surface area contributed by atoms with Crippen LogP contribution in [0.5, 0.6) is 0 Å². The molecule has 0 N–H and O–H groups in total. The summed E-state index contributed by atoms with van der Waals surface area (Å²) in [5.41, 5.74) is 15.2. The predicted molar refractivity (Wildman–Crippen MR) is 323 cm³/mol. The number of esters is 2. The topological polar surface area (TPSA) is 192 Å². The zero-order valence-electron chi connectivity index (χ0n) is 52.4. The lowest BCUT2D eigenvalue weighted by Gasteiger charge is -2.33. The van der Waals surface area contributed by atoms with E-state index < -0.39 is 18.3 Å². The van der Waals surface area contributed by atoms with E-state index in [0.29, 0.717) is 39.4 Å². The number of aryl methyl sites for hydroxylation is 6. The summed E-state index contributed by atoms with van der Waals surface area (Å²) >= 11 is 0. The summed E-state index contributed by atoms with van der Waals surface area (Å²) in [6.07, 6.45) is 4.45. The van der Waals surface area contributed by atoms with Crippen LogP contribution in [0.15, 0.2) is 54.6 Å². The van der Waals surface area contributed by atoms with Crippen molar-refractivity contribution in [3.8, 4) is 0 Å². The van der Waals surface area contributed by atoms with Crippen LogP contribution in [0, 0.1) is 27.7 Å². The van der Waals surface area contributed by atoms with Gasteiger partial charge in [0.05, 0.1) is 41.9 Å². The van der Waals surface area contributed by atoms with Gasteiger partial charge in [0.2, 0.25) is 0 Å². The normalized spacial score (nSPS) is 15.9. The third kappa shape index (κ3) is 15.0. The third-order valence-electron chi connectivity index (χ3n) is 15.7. The third-order valence-corrected chi connectivity index (χ3v) is 15.7. The zero-order valence-corrected chi connectivity index (χ0v) is 52.4. The lowest BCUT2D eigenvalue weighted by Crippen LogP contribution is -2.41. The number of hydrogen-bond acceptors (Lipinski definition) is 14. The quantitative estimate of drug-likeness (QED) is 0.0515. The molecule has 2 amide bonds. The van der Waals surface area contributed by atoms with Crippen LogP contribution in [-0.2, 0) is 76.9 Å². The fraction of sp³-hybridized carbons (Fsp3) is 0.531. The number of carbonyl (C=O) groups excluding carboxylic acids is 4. The minimum Gasteiger partial charge on any atom is -0.466 e. The van der Waals surface area contributed by atoms with E-state index in [0.717, 1.165) is 92.4 Å². The molecule has 0 radical (unpaired) electrons. The van der Waals surface area contributed by atoms with Gasteiger partial charge in [0.15, 0.2) is 0 Å². The van der Waals surface area contributed by atoms with E-state index in [9.17, 15) is 19.2 Å². The number of fused-ring (bicyclic) bond motifs is 4. The molecule has 1 saturated heterocycles. The number of hydrogen-bond donors (Lipinski definition) is 0. The Kier molecular flexibility index (Phi) is 19.7. The highest BCUT2D eigenvalue weighted by atomic mass is 16.7. The van der Waals surface area contributed by atoms with Gasteiger partial charge < -0.3 is 38.1 Å². The van der Waals surface area contributed by atoms with Gasteiger partial charge in [-0.25, -0.2) is 23.7 Å². The van der Waals surface area contributed by atoms with Gasteiger partial charge in [0, 0.05) is 51.3 Å². The predicted octanol–water partition coefficient (Wildman–Crippen LogP) is 11.4. The fourth-order valence-corrected chi connectivity index (χ4v) is 10.7. The highest BCUT2D eigenvalue weighted by Crippen LogP contribution is 2.39. The Hall–Kier alpha value is -7.12. The monoisotopic (exact) mass is 1140 g/mol. The van der Waals surface area contributed by atoms with Gasteiger partial charge in [-0.15, -0.1) is 10.2 Å². The maximum absolute atomic E-state index is 12.8. The van der Waals surface area contributed by atoms with Crippen molar-refractivity contribution in [2.24, 2.45) is 0 Å². The fourth-order valence-electron chi connectivity index (χ4n) is 10.7. The second kappa shape index (κ2) is 25.8. The van der Waals surface area contributed by atoms with Crippen molar-refractivity contribution in [1.29, 1.82) is 0 Å². The SMILES string of the molecule is CCOC(=O)/C=C/c1ccc2c(nnn2CC)c1C.CCOC(=O)CC(c1cc(C)c2c(c1)CN(C(=O)OC(C)(C)C)CC2)c1ccc2c(nnn2CC)c1C.Cc1cc(B2OC(C)(C)C(C)(C)O2)cc2c1CCN(C(=O)OC(C)(C)C)C2. The number of benzene rings is 4. The van der Waals surface area contributed by atoms with Crippen molar-refractivity contribution in [2.75, 3.05) is 26.3 Å². The highest BCUT2D eigenvalue weighted by Gasteiger charge is 2.52. The highest BCUT2D eigenvalue weighted by molar-refractivity contribution is 6.62. The van der Waals surface area contributed by atoms with Crippen molar-refractivity contribution in [2.45, 2.75) is 198 Å². The van der Waals surface area contributed by atoms with Gasteiger partial charge in [-0.2, -0.15) is 0 Å². The van der Waals surface area contributed by atoms with Crippen LogP contribution in [0.4, 0.5) is 9.59 Å². The van der Waals surface area contributed by atoms with E-state index in [2.05, 4.69) is 92.5 Å². The number of ether oxygens (including phenoxy) is 4. The van der Waals surface area contributed by atoms with Crippen molar-refractivity contribution in [3.63, 3.8) is 0 Å². The Bertz CT molecular complexity index is 3370. The van der Waals surface area contributed by atoms with Gasteiger partial charge >= 0.3 is 31.2 Å². The molecule has 0 bridgehead atoms. The molecule has 0 spiro atoms. The standard InChI is InChI=1S/C29H38N4O4.C21H32BNO4.C14H17N3O2/c1-8-33-25-11-10-23(19(4)27(25)30-31-33)24(16-26(34)36-9-2)20-14-18(3)22-12-13-32(17-21(22)15-20)28(35)37-29(5,6)7;1-14-11-16(22-26-20(5,6)21(7,8)27-22)12-15-13-23(10-9-17(14)15)18(24)25-19(2,3)4;1-4-17-12-8-6-11(7-9-13(18)19-5-2)10(3)14(12)15-16-17/h10-11,14-15,24H,8-9,12-13,16-17H2,1-7H3;11-12H,9-10,13H2,1-8H3;6-9H,4-5H2,1-3H3/b;;9-7+. The number of rotatable bonds is 11. The van der Waals surface area contributed by atoms with Crippen LogP contribution >= 0.6 is 0 Å². The van der Waals surface area contributed by atoms with E-state index in [-0.39, 0.29) is 47.7 Å². The van der Waals surface area contributed by atoms with Gasteiger partial charge in [-0.05, 0) is 222 Å². The van der Waals surface area contributed by atoms with Gasteiger partial charge in [0.25, 0.3) is 0 Å². The maximum atomic E-state index is 12.8. The first kappa shape index (κ1) is 63.5. The number of aromatic nitrogens is 6. The Morgan fingerprint density at radius 2 is 1.16 bits per heavy atom. The van der Waals surface area contributed by atoms with Gasteiger partial charge in [-0.3, -0.25) is 4.79 Å². The second-order valence-electron chi connectivity index (χ2n) is 24.6. The average molecular weight is 1140 g/mol. The first-order valence-corrected chi connectivity index (χ1v) is 29.2. The molecule has 19 heteroatoms. The average Bonchev–Trinajstić information content (AvgIpc) is 3.78. The largest absolute Gasteiger partial charge is 0.494 e. The number of amides is 2. The molecule has 6 aromatic rings. The minimum absolute atomic E-state index is 0.212. The lowest BCUT2D eigenvalue weighted by atomic mass is 9.75. The van der Waals surface area contributed by atoms with Crippen LogP contribution in [0.3, 0.4) is 0 Å². The molecule has 4 aromatic carbocycles. The van der Waals surface area contributed by atoms with Crippen LogP contribution in [0.25, 0.3) is 28.1 Å². The zero-order chi connectivity index (χ0) is 60.9. The molecular formula is C64H87BN8O10. The molecule has 18 nitrogen and oxygen atoms in total. The Morgan fingerprint density at radius 3 is 1.66 bits per heavy atom. The van der Waals surface area contributed by atoms with Crippen LogP contribution < -0.4 is 5.46 Å². The summed E-state index contributed by atoms with van der Waals surface area (Å²) in [4.78, 5) is 52.9. The van der Waals surface area contributed by atoms with E-state index in [1.807, 2.05) is 104 Å². The summed E-state index contributed by atoms with van der Waals surface area (Å²) < 4.78 is 37.5. The molecule has 83 heavy (non-hydrogen) atoms. The van der Waals surface area contributed by atoms with Crippen LogP contribution in [0.1, 0.15) is 170 Å². The Morgan fingerprint density at radius 1 is 0.663 bits per heavy atom. The molecule has 446 valence electrons. The van der Waals surface area contributed by atoms with E-state index in [1.54, 1.807) is 22.8 Å². The summed E-state index contributed by atoms with van der Waals surface area (Å²) in [6.45, 7) is 40.0. The van der Waals surface area contributed by atoms with Crippen molar-refractivity contribution in [3.05, 3.63) is 116 Å². The molecule has 0 aliphatic carbocycles. The van der Waals surface area contributed by atoms with Crippen LogP contribution in [-0.4, -0.2) is 120 Å². The van der Waals surface area contributed by atoms with Gasteiger partial charge in [0.1, 0.15) is 22.2 Å². The van der Waals surface area contributed by atoms with E-state index in [1.165, 1.54) is 28.3 Å². The van der Waals surface area contributed by atoms with Crippen molar-refractivity contribution in [1.82, 2.24) is 39.8 Å². The number of carbonyl (C=O) groups is 4. The molecule has 3 aliphatic heterocycles. The summed E-state index contributed by atoms with van der Waals surface area (Å²) in [5.74, 6) is -0.787. The molecule has 3 aliphatic rings. The summed E-state index contributed by atoms with van der Waals surface area (Å²) in [6, 6.07) is 16.7. The van der Waals surface area contributed by atoms with E-state index >= 15 is 0 Å². The van der Waals surface area contributed by atoms with Crippen molar-refractivity contribution >= 4 is 64.8 Å². The molecule has 0 saturated carbocycles. The molecule has 2 aromatic heterocycles. The molecule has 1 atom stereocenters. The first-order valence-electron chi connectivity index (χ1n) is 29.2. The smallest absolute Gasteiger partial charge is 0.466 e. The summed E-state index contributed by atoms with van der Waals surface area (Å²) in [5, 5.41) is 17.0. The lowest BCUT2D eigenvalue weighted by molar-refractivity contribution is -0.143. The minimum atomic E-state index is -0.546. The Labute approximate surface area is 490 Å². The van der Waals surface area contributed by atoms with Crippen molar-refractivity contribution < 1.29 is 47.4 Å². The number of nitrogens with zero attached hydrogens (tertiary/aromatic N) is 8. The van der Waals surface area contributed by atoms with Crippen LogP contribution in [0.2, 0.25) is 0 Å².